The van der Waals surface area contributed by atoms with E-state index in [0.717, 1.165) is 5.56 Å². The standard InChI is InChI=1S/C19H23FN2O3S/c1-13(18(23)21-17-8-6-5-7-16(17)20)22-26(24,25)15-11-9-14(10-12-15)19(2,3)4/h5-13,22H,1-4H3,(H,21,23). The first-order valence-corrected chi connectivity index (χ1v) is 9.67. The Labute approximate surface area is 153 Å². The fraction of sp³-hybridized carbons (Fsp3) is 0.316. The van der Waals surface area contributed by atoms with Crippen LogP contribution in [0, 0.1) is 5.82 Å². The summed E-state index contributed by atoms with van der Waals surface area (Å²) in [7, 11) is -3.87. The topological polar surface area (TPSA) is 75.3 Å². The highest BCUT2D eigenvalue weighted by atomic mass is 32.2. The Hall–Kier alpha value is -2.25. The van der Waals surface area contributed by atoms with Gasteiger partial charge >= 0.3 is 0 Å². The molecule has 140 valence electrons. The normalized spacial score (nSPS) is 13.3. The van der Waals surface area contributed by atoms with Gasteiger partial charge in [-0.1, -0.05) is 45.0 Å². The molecule has 2 rings (SSSR count). The van der Waals surface area contributed by atoms with Crippen LogP contribution in [0.15, 0.2) is 53.4 Å². The van der Waals surface area contributed by atoms with E-state index < -0.39 is 27.8 Å². The van der Waals surface area contributed by atoms with E-state index in [1.54, 1.807) is 18.2 Å². The molecule has 0 aliphatic heterocycles. The summed E-state index contributed by atoms with van der Waals surface area (Å²) in [5.41, 5.74) is 0.905. The quantitative estimate of drug-likeness (QED) is 0.837. The maximum atomic E-state index is 13.6. The van der Waals surface area contributed by atoms with E-state index in [-0.39, 0.29) is 16.0 Å². The number of anilines is 1. The molecular formula is C19H23FN2O3S. The highest BCUT2D eigenvalue weighted by Crippen LogP contribution is 2.23. The molecule has 0 fully saturated rings. The Bertz CT molecular complexity index is 888. The van der Waals surface area contributed by atoms with Crippen LogP contribution >= 0.6 is 0 Å². The number of halogens is 1. The Morgan fingerprint density at radius 2 is 1.62 bits per heavy atom. The number of hydrogen-bond acceptors (Lipinski definition) is 3. The number of sulfonamides is 1. The summed E-state index contributed by atoms with van der Waals surface area (Å²) in [6, 6.07) is 11.1. The van der Waals surface area contributed by atoms with Crippen LogP contribution in [0.5, 0.6) is 0 Å². The van der Waals surface area contributed by atoms with Gasteiger partial charge in [-0.2, -0.15) is 4.72 Å². The molecule has 0 spiro atoms. The minimum atomic E-state index is -3.87. The van der Waals surface area contributed by atoms with E-state index in [2.05, 4.69) is 10.0 Å². The Morgan fingerprint density at radius 1 is 1.04 bits per heavy atom. The number of carbonyl (C=O) groups excluding carboxylic acids is 1. The lowest BCUT2D eigenvalue weighted by molar-refractivity contribution is -0.117. The van der Waals surface area contributed by atoms with Crippen LogP contribution in [0.25, 0.3) is 0 Å². The lowest BCUT2D eigenvalue weighted by atomic mass is 9.87. The van der Waals surface area contributed by atoms with Gasteiger partial charge in [0.1, 0.15) is 5.82 Å². The molecule has 2 aromatic rings. The van der Waals surface area contributed by atoms with Gasteiger partial charge in [0.2, 0.25) is 15.9 Å². The van der Waals surface area contributed by atoms with Crippen LogP contribution in [0.4, 0.5) is 10.1 Å². The van der Waals surface area contributed by atoms with Crippen molar-refractivity contribution in [1.82, 2.24) is 4.72 Å². The second kappa shape index (κ2) is 7.55. The molecule has 2 aromatic carbocycles. The van der Waals surface area contributed by atoms with Crippen molar-refractivity contribution in [2.75, 3.05) is 5.32 Å². The predicted octanol–water partition coefficient (Wildman–Crippen LogP) is 3.43. The molecule has 5 nitrogen and oxygen atoms in total. The van der Waals surface area contributed by atoms with Gasteiger partial charge in [0.05, 0.1) is 16.6 Å². The van der Waals surface area contributed by atoms with E-state index in [1.807, 2.05) is 20.8 Å². The van der Waals surface area contributed by atoms with Crippen molar-refractivity contribution in [3.8, 4) is 0 Å². The summed E-state index contributed by atoms with van der Waals surface area (Å²) in [6.45, 7) is 7.49. The Kier molecular flexibility index (Phi) is 5.83. The largest absolute Gasteiger partial charge is 0.322 e. The summed E-state index contributed by atoms with van der Waals surface area (Å²) in [5, 5.41) is 2.37. The number of amides is 1. The zero-order valence-electron chi connectivity index (χ0n) is 15.2. The summed E-state index contributed by atoms with van der Waals surface area (Å²) < 4.78 is 40.8. The van der Waals surface area contributed by atoms with Gasteiger partial charge in [-0.3, -0.25) is 4.79 Å². The summed E-state index contributed by atoms with van der Waals surface area (Å²) in [4.78, 5) is 12.2. The molecule has 2 N–H and O–H groups in total. The number of benzene rings is 2. The third kappa shape index (κ3) is 4.89. The van der Waals surface area contributed by atoms with E-state index >= 15 is 0 Å². The van der Waals surface area contributed by atoms with Gasteiger partial charge in [-0.25, -0.2) is 12.8 Å². The van der Waals surface area contributed by atoms with Crippen LogP contribution in [-0.2, 0) is 20.2 Å². The number of hydrogen-bond donors (Lipinski definition) is 2. The van der Waals surface area contributed by atoms with Gasteiger partial charge in [0.15, 0.2) is 0 Å². The number of carbonyl (C=O) groups is 1. The molecule has 0 aliphatic rings. The molecule has 0 heterocycles. The van der Waals surface area contributed by atoms with Crippen molar-refractivity contribution in [3.63, 3.8) is 0 Å². The van der Waals surface area contributed by atoms with Crippen LogP contribution in [0.1, 0.15) is 33.3 Å². The number of nitrogens with one attached hydrogen (secondary N) is 2. The smallest absolute Gasteiger partial charge is 0.242 e. The highest BCUT2D eigenvalue weighted by molar-refractivity contribution is 7.89. The van der Waals surface area contributed by atoms with E-state index in [0.29, 0.717) is 0 Å². The van der Waals surface area contributed by atoms with Crippen LogP contribution in [0.2, 0.25) is 0 Å². The fourth-order valence-electron chi connectivity index (χ4n) is 2.29. The molecule has 0 aliphatic carbocycles. The Balaban J connectivity index is 2.10. The number of para-hydroxylation sites is 1. The third-order valence-electron chi connectivity index (χ3n) is 3.89. The van der Waals surface area contributed by atoms with Crippen molar-refractivity contribution >= 4 is 21.6 Å². The van der Waals surface area contributed by atoms with Gasteiger partial charge in [-0.15, -0.1) is 0 Å². The van der Waals surface area contributed by atoms with Crippen LogP contribution in [0.3, 0.4) is 0 Å². The second-order valence-electron chi connectivity index (χ2n) is 7.09. The SMILES string of the molecule is CC(NS(=O)(=O)c1ccc(C(C)(C)C)cc1)C(=O)Nc1ccccc1F. The predicted molar refractivity (Wildman–Crippen MR) is 100.0 cm³/mol. The fourth-order valence-corrected chi connectivity index (χ4v) is 3.49. The molecule has 0 saturated heterocycles. The minimum Gasteiger partial charge on any atom is -0.322 e. The van der Waals surface area contributed by atoms with Crippen molar-refractivity contribution in [2.45, 2.75) is 44.0 Å². The van der Waals surface area contributed by atoms with Gasteiger partial charge in [0, 0.05) is 0 Å². The molecule has 1 amide bonds. The van der Waals surface area contributed by atoms with Crippen molar-refractivity contribution in [3.05, 3.63) is 59.9 Å². The second-order valence-corrected chi connectivity index (χ2v) is 8.80. The molecule has 0 aromatic heterocycles. The van der Waals surface area contributed by atoms with Gasteiger partial charge in [0.25, 0.3) is 0 Å². The Morgan fingerprint density at radius 3 is 2.15 bits per heavy atom. The molecular weight excluding hydrogens is 355 g/mol. The third-order valence-corrected chi connectivity index (χ3v) is 5.44. The summed E-state index contributed by atoms with van der Waals surface area (Å²) in [5.74, 6) is -1.24. The molecule has 0 radical (unpaired) electrons. The van der Waals surface area contributed by atoms with E-state index in [4.69, 9.17) is 0 Å². The average Bonchev–Trinajstić information content (AvgIpc) is 2.56. The molecule has 1 unspecified atom stereocenters. The average molecular weight is 378 g/mol. The van der Waals surface area contributed by atoms with Gasteiger partial charge in [-0.05, 0) is 42.2 Å². The van der Waals surface area contributed by atoms with Crippen LogP contribution < -0.4 is 10.0 Å². The zero-order chi connectivity index (χ0) is 19.5. The van der Waals surface area contributed by atoms with Gasteiger partial charge < -0.3 is 5.32 Å². The van der Waals surface area contributed by atoms with Crippen molar-refractivity contribution in [2.24, 2.45) is 0 Å². The maximum absolute atomic E-state index is 13.6. The van der Waals surface area contributed by atoms with Crippen molar-refractivity contribution in [1.29, 1.82) is 0 Å². The summed E-state index contributed by atoms with van der Waals surface area (Å²) >= 11 is 0. The monoisotopic (exact) mass is 378 g/mol. The molecule has 0 saturated carbocycles. The lowest BCUT2D eigenvalue weighted by Gasteiger charge is -2.19. The first kappa shape index (κ1) is 20.1. The summed E-state index contributed by atoms with van der Waals surface area (Å²) in [6.07, 6.45) is 0. The molecule has 7 heteroatoms. The van der Waals surface area contributed by atoms with E-state index in [1.165, 1.54) is 37.3 Å². The van der Waals surface area contributed by atoms with E-state index in [9.17, 15) is 17.6 Å². The minimum absolute atomic E-state index is 0.00178. The zero-order valence-corrected chi connectivity index (χ0v) is 16.0. The first-order valence-electron chi connectivity index (χ1n) is 8.19. The lowest BCUT2D eigenvalue weighted by Crippen LogP contribution is -2.41. The molecule has 0 bridgehead atoms. The molecule has 26 heavy (non-hydrogen) atoms. The van der Waals surface area contributed by atoms with Crippen LogP contribution in [-0.4, -0.2) is 20.4 Å². The van der Waals surface area contributed by atoms with Crippen molar-refractivity contribution < 1.29 is 17.6 Å². The highest BCUT2D eigenvalue weighted by Gasteiger charge is 2.23. The number of rotatable bonds is 5. The molecule has 1 atom stereocenters. The first-order chi connectivity index (χ1) is 12.0. The maximum Gasteiger partial charge on any atom is 0.242 e.